The zero-order valence-corrected chi connectivity index (χ0v) is 22.6. The number of anilines is 3. The average molecular weight is 591 g/mol. The lowest BCUT2D eigenvalue weighted by Gasteiger charge is -2.28. The summed E-state index contributed by atoms with van der Waals surface area (Å²) in [5.74, 6) is -0.897. The van der Waals surface area contributed by atoms with Crippen LogP contribution in [0.2, 0.25) is 0 Å². The zero-order valence-electron chi connectivity index (χ0n) is 22.6. The van der Waals surface area contributed by atoms with Gasteiger partial charge in [0.2, 0.25) is 17.6 Å². The van der Waals surface area contributed by atoms with Crippen LogP contribution in [0, 0.1) is 15.9 Å². The SMILES string of the molecule is CN(C)Cc1cn(-c2ccnc(Nc3cc([N+](=O)[O-])c(N4CCOCC4)nc3OCC(F)(F)F)n2)c2cc(F)ccc12. The molecule has 42 heavy (non-hydrogen) atoms. The molecule has 1 aliphatic rings. The topological polar surface area (TPSA) is 124 Å². The average Bonchev–Trinajstić information content (AvgIpc) is 3.28. The third-order valence-electron chi connectivity index (χ3n) is 6.30. The maximum absolute atomic E-state index is 14.2. The number of pyridine rings is 1. The van der Waals surface area contributed by atoms with E-state index < -0.39 is 35.1 Å². The number of aromatic nitrogens is 4. The van der Waals surface area contributed by atoms with Crippen molar-refractivity contribution in [1.82, 2.24) is 24.4 Å². The highest BCUT2D eigenvalue weighted by Gasteiger charge is 2.32. The second-order valence-corrected chi connectivity index (χ2v) is 9.73. The lowest BCUT2D eigenvalue weighted by molar-refractivity contribution is -0.384. The fourth-order valence-electron chi connectivity index (χ4n) is 4.56. The summed E-state index contributed by atoms with van der Waals surface area (Å²) >= 11 is 0. The van der Waals surface area contributed by atoms with Gasteiger partial charge in [-0.15, -0.1) is 0 Å². The minimum absolute atomic E-state index is 0.105. The van der Waals surface area contributed by atoms with Crippen LogP contribution in [0.3, 0.4) is 0 Å². The van der Waals surface area contributed by atoms with Crippen molar-refractivity contribution in [3.05, 3.63) is 64.2 Å². The zero-order chi connectivity index (χ0) is 30.0. The molecule has 1 saturated heterocycles. The van der Waals surface area contributed by atoms with E-state index in [1.165, 1.54) is 18.3 Å². The van der Waals surface area contributed by atoms with Crippen LogP contribution in [0.5, 0.6) is 5.88 Å². The van der Waals surface area contributed by atoms with Crippen molar-refractivity contribution in [2.75, 3.05) is 57.2 Å². The van der Waals surface area contributed by atoms with Gasteiger partial charge in [0.1, 0.15) is 17.3 Å². The third-order valence-corrected chi connectivity index (χ3v) is 6.30. The summed E-state index contributed by atoms with van der Waals surface area (Å²) in [5.41, 5.74) is 0.759. The summed E-state index contributed by atoms with van der Waals surface area (Å²) in [6.07, 6.45) is -1.50. The molecule has 16 heteroatoms. The summed E-state index contributed by atoms with van der Waals surface area (Å²) < 4.78 is 65.3. The Labute approximate surface area is 236 Å². The Balaban J connectivity index is 1.55. The van der Waals surface area contributed by atoms with Crippen molar-refractivity contribution in [1.29, 1.82) is 0 Å². The van der Waals surface area contributed by atoms with E-state index in [0.29, 0.717) is 17.9 Å². The molecule has 0 amide bonds. The minimum atomic E-state index is -4.69. The highest BCUT2D eigenvalue weighted by atomic mass is 19.4. The summed E-state index contributed by atoms with van der Waals surface area (Å²) in [7, 11) is 3.80. The Morgan fingerprint density at radius 1 is 1.17 bits per heavy atom. The molecule has 0 radical (unpaired) electrons. The van der Waals surface area contributed by atoms with Crippen molar-refractivity contribution >= 4 is 34.0 Å². The van der Waals surface area contributed by atoms with E-state index in [-0.39, 0.29) is 43.8 Å². The molecule has 0 atom stereocenters. The van der Waals surface area contributed by atoms with Crippen LogP contribution >= 0.6 is 0 Å². The maximum atomic E-state index is 14.2. The molecule has 1 aliphatic heterocycles. The van der Waals surface area contributed by atoms with Gasteiger partial charge >= 0.3 is 11.9 Å². The number of alkyl halides is 3. The number of halogens is 4. The molecule has 222 valence electrons. The molecule has 0 saturated carbocycles. The van der Waals surface area contributed by atoms with Gasteiger partial charge in [-0.25, -0.2) is 9.37 Å². The van der Waals surface area contributed by atoms with Crippen LogP contribution in [0.4, 0.5) is 40.7 Å². The molecule has 0 unspecified atom stereocenters. The number of nitro groups is 1. The standard InChI is InChI=1S/C26H26F4N8O4/c1-35(2)13-16-14-37(20-11-17(27)3-4-18(16)20)22-5-6-31-25(33-22)32-19-12-21(38(39)40)23(36-7-9-41-10-8-36)34-24(19)42-15-26(28,29)30/h3-6,11-12,14H,7-10,13,15H2,1-2H3,(H,31,32,33). The highest BCUT2D eigenvalue weighted by molar-refractivity contribution is 5.85. The normalized spacial score (nSPS) is 14.0. The molecule has 0 aliphatic carbocycles. The van der Waals surface area contributed by atoms with Crippen LogP contribution in [0.15, 0.2) is 42.7 Å². The summed E-state index contributed by atoms with van der Waals surface area (Å²) in [5, 5.41) is 15.5. The number of fused-ring (bicyclic) bond motifs is 1. The van der Waals surface area contributed by atoms with Crippen LogP contribution < -0.4 is 15.0 Å². The van der Waals surface area contributed by atoms with Gasteiger partial charge in [0.05, 0.1) is 23.7 Å². The molecule has 0 spiro atoms. The number of ether oxygens (including phenoxy) is 2. The second kappa shape index (κ2) is 11.7. The third kappa shape index (κ3) is 6.49. The Bertz CT molecular complexity index is 1610. The first-order chi connectivity index (χ1) is 20.0. The summed E-state index contributed by atoms with van der Waals surface area (Å²) in [4.78, 5) is 27.5. The summed E-state index contributed by atoms with van der Waals surface area (Å²) in [6, 6.07) is 7.00. The lowest BCUT2D eigenvalue weighted by Crippen LogP contribution is -2.37. The number of nitrogens with one attached hydrogen (secondary N) is 1. The molecular weight excluding hydrogens is 564 g/mol. The maximum Gasteiger partial charge on any atom is 0.422 e. The van der Waals surface area contributed by atoms with Crippen LogP contribution in [0.1, 0.15) is 5.56 Å². The first kappa shape index (κ1) is 28.9. The lowest BCUT2D eigenvalue weighted by atomic mass is 10.1. The van der Waals surface area contributed by atoms with Gasteiger partial charge in [0.25, 0.3) is 0 Å². The van der Waals surface area contributed by atoms with Crippen molar-refractivity contribution in [3.63, 3.8) is 0 Å². The number of benzene rings is 1. The van der Waals surface area contributed by atoms with E-state index in [1.54, 1.807) is 27.8 Å². The van der Waals surface area contributed by atoms with Gasteiger partial charge in [-0.3, -0.25) is 10.1 Å². The van der Waals surface area contributed by atoms with Gasteiger partial charge in [-0.05, 0) is 43.9 Å². The Hall–Kier alpha value is -4.57. The van der Waals surface area contributed by atoms with E-state index in [2.05, 4.69) is 20.3 Å². The van der Waals surface area contributed by atoms with Crippen molar-refractivity contribution < 1.29 is 32.0 Å². The van der Waals surface area contributed by atoms with Crippen LogP contribution in [-0.2, 0) is 11.3 Å². The molecule has 4 heterocycles. The predicted molar refractivity (Wildman–Crippen MR) is 145 cm³/mol. The van der Waals surface area contributed by atoms with Gasteiger partial charge in [-0.2, -0.15) is 23.1 Å². The van der Waals surface area contributed by atoms with Gasteiger partial charge in [0.15, 0.2) is 6.61 Å². The van der Waals surface area contributed by atoms with E-state index in [1.807, 2.05) is 19.0 Å². The molecule has 3 aromatic heterocycles. The fourth-order valence-corrected chi connectivity index (χ4v) is 4.56. The number of morpholine rings is 1. The first-order valence-corrected chi connectivity index (χ1v) is 12.7. The highest BCUT2D eigenvalue weighted by Crippen LogP contribution is 2.37. The smallest absolute Gasteiger partial charge is 0.422 e. The quantitative estimate of drug-likeness (QED) is 0.170. The first-order valence-electron chi connectivity index (χ1n) is 12.7. The summed E-state index contributed by atoms with van der Waals surface area (Å²) in [6.45, 7) is -0.0577. The van der Waals surface area contributed by atoms with E-state index >= 15 is 0 Å². The minimum Gasteiger partial charge on any atom is -0.466 e. The molecular formula is C26H26F4N8O4. The predicted octanol–water partition coefficient (Wildman–Crippen LogP) is 4.45. The molecule has 12 nitrogen and oxygen atoms in total. The van der Waals surface area contributed by atoms with Crippen molar-refractivity contribution in [2.24, 2.45) is 0 Å². The number of nitrogens with zero attached hydrogens (tertiary/aromatic N) is 7. The van der Waals surface area contributed by atoms with Gasteiger partial charge in [0, 0.05) is 43.5 Å². The molecule has 5 rings (SSSR count). The van der Waals surface area contributed by atoms with Crippen LogP contribution in [0.25, 0.3) is 16.7 Å². The van der Waals surface area contributed by atoms with E-state index in [4.69, 9.17) is 9.47 Å². The number of hydrogen-bond donors (Lipinski definition) is 1. The van der Waals surface area contributed by atoms with E-state index in [9.17, 15) is 27.7 Å². The van der Waals surface area contributed by atoms with Crippen LogP contribution in [-0.4, -0.2) is 82.5 Å². The molecule has 0 bridgehead atoms. The van der Waals surface area contributed by atoms with Gasteiger partial charge < -0.3 is 29.2 Å². The Kier molecular flexibility index (Phi) is 8.08. The Morgan fingerprint density at radius 2 is 1.93 bits per heavy atom. The fraction of sp³-hybridized carbons (Fsp3) is 0.346. The van der Waals surface area contributed by atoms with Crippen molar-refractivity contribution in [3.8, 4) is 11.7 Å². The van der Waals surface area contributed by atoms with E-state index in [0.717, 1.165) is 17.0 Å². The molecule has 1 fully saturated rings. The monoisotopic (exact) mass is 590 g/mol. The molecule has 1 aromatic carbocycles. The second-order valence-electron chi connectivity index (χ2n) is 9.73. The van der Waals surface area contributed by atoms with Gasteiger partial charge in [-0.1, -0.05) is 0 Å². The number of rotatable bonds is 9. The largest absolute Gasteiger partial charge is 0.466 e. The molecule has 1 N–H and O–H groups in total. The number of hydrogen-bond acceptors (Lipinski definition) is 10. The molecule has 4 aromatic rings. The van der Waals surface area contributed by atoms with Crippen molar-refractivity contribution in [2.45, 2.75) is 12.7 Å². The Morgan fingerprint density at radius 3 is 2.62 bits per heavy atom.